The highest BCUT2D eigenvalue weighted by Crippen LogP contribution is 2.34. The van der Waals surface area contributed by atoms with Gasteiger partial charge in [-0.1, -0.05) is 31.2 Å². The van der Waals surface area contributed by atoms with Gasteiger partial charge in [-0.25, -0.2) is 0 Å². The molecular formula is C17H20N2O. The first-order valence-corrected chi connectivity index (χ1v) is 7.02. The van der Waals surface area contributed by atoms with Crippen molar-refractivity contribution < 1.29 is 4.74 Å². The third-order valence-corrected chi connectivity index (χ3v) is 3.83. The number of benzene rings is 2. The van der Waals surface area contributed by atoms with E-state index in [1.807, 2.05) is 24.3 Å². The number of para-hydroxylation sites is 2. The number of rotatable bonds is 3. The molecular weight excluding hydrogens is 248 g/mol. The summed E-state index contributed by atoms with van der Waals surface area (Å²) in [6.45, 7) is 4.23. The van der Waals surface area contributed by atoms with E-state index in [2.05, 4.69) is 35.8 Å². The van der Waals surface area contributed by atoms with Crippen LogP contribution in [0.2, 0.25) is 0 Å². The monoisotopic (exact) mass is 268 g/mol. The molecule has 1 heterocycles. The van der Waals surface area contributed by atoms with Crippen LogP contribution in [0.3, 0.4) is 0 Å². The molecule has 1 unspecified atom stereocenters. The van der Waals surface area contributed by atoms with Crippen molar-refractivity contribution in [1.82, 2.24) is 5.32 Å². The molecule has 0 bridgehead atoms. The molecule has 3 heteroatoms. The fraction of sp³-hybridized carbons (Fsp3) is 0.294. The number of hydrogen-bond acceptors (Lipinski definition) is 3. The number of fused-ring (bicyclic) bond motifs is 1. The van der Waals surface area contributed by atoms with Gasteiger partial charge in [-0.3, -0.25) is 0 Å². The summed E-state index contributed by atoms with van der Waals surface area (Å²) in [5.41, 5.74) is 4.98. The molecule has 1 aliphatic rings. The van der Waals surface area contributed by atoms with E-state index in [4.69, 9.17) is 4.74 Å². The average molecular weight is 268 g/mol. The van der Waals surface area contributed by atoms with E-state index in [0.717, 1.165) is 24.5 Å². The molecule has 0 aromatic heterocycles. The van der Waals surface area contributed by atoms with E-state index in [9.17, 15) is 0 Å². The van der Waals surface area contributed by atoms with Crippen LogP contribution in [0.4, 0.5) is 11.4 Å². The van der Waals surface area contributed by atoms with Crippen LogP contribution >= 0.6 is 0 Å². The molecule has 20 heavy (non-hydrogen) atoms. The van der Waals surface area contributed by atoms with Gasteiger partial charge in [0.2, 0.25) is 0 Å². The van der Waals surface area contributed by atoms with Crippen molar-refractivity contribution in [2.45, 2.75) is 19.4 Å². The zero-order chi connectivity index (χ0) is 13.9. The Morgan fingerprint density at radius 1 is 1.10 bits per heavy atom. The molecule has 0 aliphatic carbocycles. The second-order valence-corrected chi connectivity index (χ2v) is 5.24. The van der Waals surface area contributed by atoms with Crippen molar-refractivity contribution in [3.63, 3.8) is 0 Å². The average Bonchev–Trinajstić information content (AvgIpc) is 2.48. The van der Waals surface area contributed by atoms with Gasteiger partial charge in [0.15, 0.2) is 0 Å². The maximum Gasteiger partial charge on any atom is 0.142 e. The molecule has 0 fully saturated rings. The molecule has 2 aromatic rings. The molecule has 0 amide bonds. The zero-order valence-corrected chi connectivity index (χ0v) is 11.9. The second kappa shape index (κ2) is 5.55. The lowest BCUT2D eigenvalue weighted by Gasteiger charge is -2.26. The highest BCUT2D eigenvalue weighted by atomic mass is 16.5. The lowest BCUT2D eigenvalue weighted by atomic mass is 9.90. The van der Waals surface area contributed by atoms with Crippen molar-refractivity contribution in [3.05, 3.63) is 53.6 Å². The number of ether oxygens (including phenoxy) is 1. The van der Waals surface area contributed by atoms with Gasteiger partial charge in [-0.05, 0) is 35.2 Å². The second-order valence-electron chi connectivity index (χ2n) is 5.24. The van der Waals surface area contributed by atoms with Gasteiger partial charge in [0.1, 0.15) is 5.75 Å². The predicted molar refractivity (Wildman–Crippen MR) is 82.8 cm³/mol. The summed E-state index contributed by atoms with van der Waals surface area (Å²) in [6, 6.07) is 14.5. The Kier molecular flexibility index (Phi) is 3.61. The van der Waals surface area contributed by atoms with E-state index >= 15 is 0 Å². The topological polar surface area (TPSA) is 33.3 Å². The fourth-order valence-electron chi connectivity index (χ4n) is 2.88. The SMILES string of the molecule is COc1ccccc1Nc1cccc2c1C(C)CNC2. The molecule has 3 rings (SSSR count). The van der Waals surface area contributed by atoms with Crippen molar-refractivity contribution in [1.29, 1.82) is 0 Å². The van der Waals surface area contributed by atoms with Gasteiger partial charge in [0.05, 0.1) is 12.8 Å². The van der Waals surface area contributed by atoms with Gasteiger partial charge in [-0.15, -0.1) is 0 Å². The Bertz CT molecular complexity index is 610. The fourth-order valence-corrected chi connectivity index (χ4v) is 2.88. The third-order valence-electron chi connectivity index (χ3n) is 3.83. The Balaban J connectivity index is 1.99. The minimum absolute atomic E-state index is 0.511. The summed E-state index contributed by atoms with van der Waals surface area (Å²) in [5.74, 6) is 1.38. The van der Waals surface area contributed by atoms with E-state index < -0.39 is 0 Å². The van der Waals surface area contributed by atoms with Gasteiger partial charge in [0.25, 0.3) is 0 Å². The number of nitrogens with one attached hydrogen (secondary N) is 2. The lowest BCUT2D eigenvalue weighted by Crippen LogP contribution is -2.27. The van der Waals surface area contributed by atoms with Crippen molar-refractivity contribution in [3.8, 4) is 5.75 Å². The highest BCUT2D eigenvalue weighted by molar-refractivity contribution is 5.70. The Hall–Kier alpha value is -2.00. The quantitative estimate of drug-likeness (QED) is 0.891. The van der Waals surface area contributed by atoms with E-state index in [1.54, 1.807) is 7.11 Å². The molecule has 2 N–H and O–H groups in total. The molecule has 0 spiro atoms. The number of methoxy groups -OCH3 is 1. The molecule has 0 saturated carbocycles. The molecule has 0 saturated heterocycles. The van der Waals surface area contributed by atoms with Crippen LogP contribution in [0, 0.1) is 0 Å². The first kappa shape index (κ1) is 13.0. The first-order chi connectivity index (χ1) is 9.79. The van der Waals surface area contributed by atoms with E-state index in [1.165, 1.54) is 16.8 Å². The summed E-state index contributed by atoms with van der Waals surface area (Å²) < 4.78 is 5.41. The third kappa shape index (κ3) is 2.37. The van der Waals surface area contributed by atoms with Crippen LogP contribution in [0.25, 0.3) is 0 Å². The Labute approximate surface area is 120 Å². The van der Waals surface area contributed by atoms with E-state index in [0.29, 0.717) is 5.92 Å². The zero-order valence-electron chi connectivity index (χ0n) is 11.9. The van der Waals surface area contributed by atoms with Crippen molar-refractivity contribution >= 4 is 11.4 Å². The van der Waals surface area contributed by atoms with Crippen molar-refractivity contribution in [2.24, 2.45) is 0 Å². The molecule has 2 aromatic carbocycles. The maximum atomic E-state index is 5.41. The number of anilines is 2. The predicted octanol–water partition coefficient (Wildman–Crippen LogP) is 3.65. The van der Waals surface area contributed by atoms with Gasteiger partial charge in [0, 0.05) is 18.8 Å². The largest absolute Gasteiger partial charge is 0.495 e. The molecule has 1 aliphatic heterocycles. The van der Waals surface area contributed by atoms with Crippen LogP contribution in [-0.4, -0.2) is 13.7 Å². The summed E-state index contributed by atoms with van der Waals surface area (Å²) >= 11 is 0. The van der Waals surface area contributed by atoms with Gasteiger partial charge in [-0.2, -0.15) is 0 Å². The Morgan fingerprint density at radius 2 is 1.90 bits per heavy atom. The van der Waals surface area contributed by atoms with Crippen LogP contribution < -0.4 is 15.4 Å². The molecule has 1 atom stereocenters. The lowest BCUT2D eigenvalue weighted by molar-refractivity contribution is 0.417. The normalized spacial score (nSPS) is 17.4. The van der Waals surface area contributed by atoms with Crippen LogP contribution in [-0.2, 0) is 6.54 Å². The molecule has 104 valence electrons. The van der Waals surface area contributed by atoms with E-state index in [-0.39, 0.29) is 0 Å². The smallest absolute Gasteiger partial charge is 0.142 e. The summed E-state index contributed by atoms with van der Waals surface area (Å²) in [6.07, 6.45) is 0. The van der Waals surface area contributed by atoms with Gasteiger partial charge >= 0.3 is 0 Å². The molecule has 3 nitrogen and oxygen atoms in total. The van der Waals surface area contributed by atoms with Crippen LogP contribution in [0.1, 0.15) is 24.0 Å². The standard InChI is InChI=1S/C17H20N2O/c1-12-10-18-11-13-6-5-8-15(17(12)13)19-14-7-3-4-9-16(14)20-2/h3-9,12,18-19H,10-11H2,1-2H3. The minimum Gasteiger partial charge on any atom is -0.495 e. The first-order valence-electron chi connectivity index (χ1n) is 7.02. The van der Waals surface area contributed by atoms with Gasteiger partial charge < -0.3 is 15.4 Å². The maximum absolute atomic E-state index is 5.41. The Morgan fingerprint density at radius 3 is 2.75 bits per heavy atom. The summed E-state index contributed by atoms with van der Waals surface area (Å²) in [7, 11) is 1.70. The molecule has 0 radical (unpaired) electrons. The summed E-state index contributed by atoms with van der Waals surface area (Å²) in [5, 5.41) is 6.98. The van der Waals surface area contributed by atoms with Crippen LogP contribution in [0.15, 0.2) is 42.5 Å². The summed E-state index contributed by atoms with van der Waals surface area (Å²) in [4.78, 5) is 0. The van der Waals surface area contributed by atoms with Crippen molar-refractivity contribution in [2.75, 3.05) is 19.0 Å². The highest BCUT2D eigenvalue weighted by Gasteiger charge is 2.19. The number of hydrogen-bond donors (Lipinski definition) is 2. The minimum atomic E-state index is 0.511. The van der Waals surface area contributed by atoms with Crippen LogP contribution in [0.5, 0.6) is 5.75 Å².